The molecule has 0 aliphatic carbocycles. The highest BCUT2D eigenvalue weighted by molar-refractivity contribution is 7.29. The molecule has 0 saturated heterocycles. The normalized spacial score (nSPS) is 15.5. The molecule has 1 unspecified atom stereocenters. The van der Waals surface area contributed by atoms with Crippen molar-refractivity contribution in [3.05, 3.63) is 21.9 Å². The molecule has 0 radical (unpaired) electrons. The number of fused-ring (bicyclic) bond motifs is 3. The van der Waals surface area contributed by atoms with E-state index in [2.05, 4.69) is 69.4 Å². The quantitative estimate of drug-likeness (QED) is 0.213. The second kappa shape index (κ2) is 10.8. The summed E-state index contributed by atoms with van der Waals surface area (Å²) in [5.74, 6) is 0.918. The van der Waals surface area contributed by atoms with Gasteiger partial charge in [-0.2, -0.15) is 0 Å². The monoisotopic (exact) mass is 446 g/mol. The summed E-state index contributed by atoms with van der Waals surface area (Å²) in [4.78, 5) is 6.43. The third-order valence-corrected chi connectivity index (χ3v) is 15.0. The van der Waals surface area contributed by atoms with Crippen molar-refractivity contribution in [2.24, 2.45) is 5.92 Å². The Morgan fingerprint density at radius 1 is 0.759 bits per heavy atom. The Hall–Kier alpha value is -0.383. The maximum atomic E-state index is 2.62. The van der Waals surface area contributed by atoms with E-state index in [4.69, 9.17) is 0 Å². The third kappa shape index (κ3) is 5.10. The molecule has 3 rings (SSSR count). The maximum Gasteiger partial charge on any atom is 0.122 e. The minimum absolute atomic E-state index is 0.918. The van der Waals surface area contributed by atoms with Gasteiger partial charge < -0.3 is 0 Å². The molecule has 1 aliphatic rings. The summed E-state index contributed by atoms with van der Waals surface area (Å²) >= 11 is 4.17. The number of unbranched alkanes of at least 4 members (excludes halogenated alkanes) is 6. The van der Waals surface area contributed by atoms with E-state index in [-0.39, 0.29) is 0 Å². The van der Waals surface area contributed by atoms with Crippen molar-refractivity contribution in [1.82, 2.24) is 0 Å². The summed E-state index contributed by atoms with van der Waals surface area (Å²) in [6, 6.07) is 8.24. The zero-order valence-corrected chi connectivity index (χ0v) is 22.2. The van der Waals surface area contributed by atoms with Crippen molar-refractivity contribution < 1.29 is 0 Å². The van der Waals surface area contributed by atoms with Crippen molar-refractivity contribution in [3.63, 3.8) is 0 Å². The van der Waals surface area contributed by atoms with Gasteiger partial charge in [0.15, 0.2) is 0 Å². The van der Waals surface area contributed by atoms with Crippen LogP contribution in [-0.4, -0.2) is 8.07 Å². The van der Waals surface area contributed by atoms with Crippen molar-refractivity contribution in [1.29, 1.82) is 0 Å². The number of rotatable bonds is 13. The van der Waals surface area contributed by atoms with E-state index < -0.39 is 8.07 Å². The van der Waals surface area contributed by atoms with Gasteiger partial charge in [-0.1, -0.05) is 85.0 Å². The molecule has 3 heteroatoms. The van der Waals surface area contributed by atoms with Gasteiger partial charge in [0.25, 0.3) is 0 Å². The van der Waals surface area contributed by atoms with Crippen molar-refractivity contribution in [3.8, 4) is 9.75 Å². The van der Waals surface area contributed by atoms with Crippen LogP contribution in [0.3, 0.4) is 0 Å². The maximum absolute atomic E-state index is 2.62. The Morgan fingerprint density at radius 3 is 1.86 bits per heavy atom. The fraction of sp³-hybridized carbons (Fsp3) is 0.692. The van der Waals surface area contributed by atoms with E-state index in [1.54, 1.807) is 9.75 Å². The van der Waals surface area contributed by atoms with Gasteiger partial charge in [0, 0.05) is 19.5 Å². The summed E-state index contributed by atoms with van der Waals surface area (Å²) in [5.41, 5.74) is 0. The van der Waals surface area contributed by atoms with E-state index in [1.165, 1.54) is 86.1 Å². The number of hydrogen-bond acceptors (Lipinski definition) is 2. The predicted octanol–water partition coefficient (Wildman–Crippen LogP) is 8.55. The van der Waals surface area contributed by atoms with Gasteiger partial charge >= 0.3 is 0 Å². The molecule has 0 spiro atoms. The third-order valence-electron chi connectivity index (χ3n) is 7.09. The zero-order valence-electron chi connectivity index (χ0n) is 19.5. The lowest BCUT2D eigenvalue weighted by Gasteiger charge is -2.33. The number of hydrogen-bond donors (Lipinski definition) is 0. The molecular formula is C26H42S2Si. The molecule has 0 fully saturated rings. The van der Waals surface area contributed by atoms with E-state index in [0.717, 1.165) is 5.92 Å². The van der Waals surface area contributed by atoms with Crippen LogP contribution in [0.1, 0.15) is 94.7 Å². The highest BCUT2D eigenvalue weighted by atomic mass is 32.1. The lowest BCUT2D eigenvalue weighted by molar-refractivity contribution is 0.486. The molecule has 0 saturated carbocycles. The lowest BCUT2D eigenvalue weighted by Crippen LogP contribution is -2.55. The van der Waals surface area contributed by atoms with Crippen LogP contribution in [0.5, 0.6) is 0 Å². The molecule has 0 N–H and O–H groups in total. The molecule has 0 bridgehead atoms. The fourth-order valence-electron chi connectivity index (χ4n) is 5.46. The van der Waals surface area contributed by atoms with Gasteiger partial charge in [-0.3, -0.25) is 0 Å². The van der Waals surface area contributed by atoms with Crippen LogP contribution in [0, 0.1) is 19.8 Å². The summed E-state index contributed by atoms with van der Waals surface area (Å²) < 4.78 is 0. The van der Waals surface area contributed by atoms with Crippen LogP contribution in [-0.2, 0) is 0 Å². The second-order valence-corrected chi connectivity index (χ2v) is 16.1. The van der Waals surface area contributed by atoms with Crippen molar-refractivity contribution in [2.45, 2.75) is 111 Å². The summed E-state index contributed by atoms with van der Waals surface area (Å²) in [6.45, 7) is 11.8. The fourth-order valence-corrected chi connectivity index (χ4v) is 15.2. The molecule has 0 nitrogen and oxygen atoms in total. The minimum atomic E-state index is -1.61. The Bertz CT molecular complexity index is 724. The van der Waals surface area contributed by atoms with E-state index in [0.29, 0.717) is 0 Å². The first-order chi connectivity index (χ1) is 14.1. The van der Waals surface area contributed by atoms with Crippen LogP contribution in [0.15, 0.2) is 12.1 Å². The van der Waals surface area contributed by atoms with E-state index in [1.807, 2.05) is 10.4 Å². The molecule has 2 aromatic heterocycles. The van der Waals surface area contributed by atoms with E-state index in [9.17, 15) is 0 Å². The molecule has 29 heavy (non-hydrogen) atoms. The summed E-state index contributed by atoms with van der Waals surface area (Å²) in [6.07, 6.45) is 14.1. The predicted molar refractivity (Wildman–Crippen MR) is 138 cm³/mol. The highest BCUT2D eigenvalue weighted by Crippen LogP contribution is 2.44. The van der Waals surface area contributed by atoms with Gasteiger partial charge in [0.2, 0.25) is 0 Å². The topological polar surface area (TPSA) is 0 Å². The van der Waals surface area contributed by atoms with Crippen LogP contribution >= 0.6 is 22.7 Å². The first-order valence-corrected chi connectivity index (χ1v) is 16.3. The lowest BCUT2D eigenvalue weighted by atomic mass is 10.0. The Kier molecular flexibility index (Phi) is 8.65. The van der Waals surface area contributed by atoms with Gasteiger partial charge in [0.1, 0.15) is 8.07 Å². The van der Waals surface area contributed by atoms with Gasteiger partial charge in [-0.05, 0) is 54.4 Å². The van der Waals surface area contributed by atoms with Gasteiger partial charge in [0.05, 0.1) is 0 Å². The molecule has 162 valence electrons. The first kappa shape index (κ1) is 23.3. The average Bonchev–Trinajstić information content (AvgIpc) is 3.34. The second-order valence-electron chi connectivity index (χ2n) is 9.42. The first-order valence-electron chi connectivity index (χ1n) is 12.3. The van der Waals surface area contributed by atoms with Crippen LogP contribution in [0.2, 0.25) is 12.1 Å². The molecule has 2 aromatic rings. The Morgan fingerprint density at radius 2 is 1.31 bits per heavy atom. The molecule has 3 heterocycles. The highest BCUT2D eigenvalue weighted by Gasteiger charge is 2.48. The van der Waals surface area contributed by atoms with Crippen molar-refractivity contribution in [2.75, 3.05) is 0 Å². The van der Waals surface area contributed by atoms with Gasteiger partial charge in [-0.25, -0.2) is 0 Å². The minimum Gasteiger partial charge on any atom is -0.140 e. The van der Waals surface area contributed by atoms with Crippen LogP contribution in [0.4, 0.5) is 0 Å². The zero-order chi connectivity index (χ0) is 20.9. The summed E-state index contributed by atoms with van der Waals surface area (Å²) in [7, 11) is -1.61. The number of aryl methyl sites for hydroxylation is 2. The van der Waals surface area contributed by atoms with E-state index >= 15 is 0 Å². The van der Waals surface area contributed by atoms with Crippen molar-refractivity contribution >= 4 is 41.1 Å². The standard InChI is InChI=1S/C26H42S2Si/c1-6-9-11-12-13-14-16-29(19-22(8-3)15-10-7-2)23-17-20(4)27-25(23)26-24(29)18-21(5)28-26/h17-18,22H,6-16,19H2,1-5H3. The summed E-state index contributed by atoms with van der Waals surface area (Å²) in [5, 5.41) is 3.68. The van der Waals surface area contributed by atoms with Crippen LogP contribution < -0.4 is 10.4 Å². The van der Waals surface area contributed by atoms with Gasteiger partial charge in [-0.15, -0.1) is 22.7 Å². The SMILES string of the molecule is CCCCCCCC[Si]1(CC(CC)CCCC)c2cc(C)sc2-c2sc(C)cc21. The Labute approximate surface area is 189 Å². The molecule has 1 aliphatic heterocycles. The molecule has 0 aromatic carbocycles. The largest absolute Gasteiger partial charge is 0.140 e. The molecule has 0 amide bonds. The smallest absolute Gasteiger partial charge is 0.122 e. The molecule has 1 atom stereocenters. The average molecular weight is 447 g/mol. The Balaban J connectivity index is 1.89. The van der Waals surface area contributed by atoms with Crippen LogP contribution in [0.25, 0.3) is 9.75 Å². The molecular weight excluding hydrogens is 405 g/mol. The number of thiophene rings is 2.